The second kappa shape index (κ2) is 4.94. The second-order valence-electron chi connectivity index (χ2n) is 4.38. The highest BCUT2D eigenvalue weighted by molar-refractivity contribution is 5.61. The SMILES string of the molecule is Oc1ccc(-[n+]2ccc(-c3ccccc3)cc2)cc1. The zero-order valence-corrected chi connectivity index (χ0v) is 10.4. The normalized spacial score (nSPS) is 10.3. The Hall–Kier alpha value is -2.61. The minimum absolute atomic E-state index is 0.283. The molecule has 0 fully saturated rings. The lowest BCUT2D eigenvalue weighted by Crippen LogP contribution is -2.28. The van der Waals surface area contributed by atoms with Gasteiger partial charge >= 0.3 is 0 Å². The number of pyridine rings is 1. The van der Waals surface area contributed by atoms with Crippen LogP contribution < -0.4 is 4.57 Å². The molecule has 0 aliphatic rings. The van der Waals surface area contributed by atoms with Crippen LogP contribution in [0.4, 0.5) is 0 Å². The summed E-state index contributed by atoms with van der Waals surface area (Å²) in [4.78, 5) is 0. The third-order valence-corrected chi connectivity index (χ3v) is 3.08. The molecule has 0 aliphatic carbocycles. The summed E-state index contributed by atoms with van der Waals surface area (Å²) in [5, 5.41) is 9.29. The van der Waals surface area contributed by atoms with Gasteiger partial charge in [0.25, 0.3) is 0 Å². The molecule has 0 spiro atoms. The monoisotopic (exact) mass is 248 g/mol. The summed E-state index contributed by atoms with van der Waals surface area (Å²) >= 11 is 0. The van der Waals surface area contributed by atoms with Gasteiger partial charge in [-0.15, -0.1) is 0 Å². The van der Waals surface area contributed by atoms with Crippen LogP contribution in [0.25, 0.3) is 16.8 Å². The van der Waals surface area contributed by atoms with E-state index in [1.165, 1.54) is 11.1 Å². The molecule has 3 rings (SSSR count). The molecule has 0 unspecified atom stereocenters. The number of aromatic nitrogens is 1. The first kappa shape index (κ1) is 11.5. The van der Waals surface area contributed by atoms with Crippen molar-refractivity contribution in [3.05, 3.63) is 79.1 Å². The van der Waals surface area contributed by atoms with E-state index >= 15 is 0 Å². The minimum Gasteiger partial charge on any atom is -0.508 e. The Kier molecular flexibility index (Phi) is 2.99. The van der Waals surface area contributed by atoms with Crippen LogP contribution in [0.15, 0.2) is 79.1 Å². The van der Waals surface area contributed by atoms with Crippen LogP contribution in [0.2, 0.25) is 0 Å². The van der Waals surface area contributed by atoms with E-state index in [1.807, 2.05) is 47.3 Å². The molecular formula is C17H14NO+. The lowest BCUT2D eigenvalue weighted by molar-refractivity contribution is -0.595. The molecule has 1 N–H and O–H groups in total. The van der Waals surface area contributed by atoms with Gasteiger partial charge in [0.05, 0.1) is 0 Å². The first-order valence-corrected chi connectivity index (χ1v) is 6.19. The maximum Gasteiger partial charge on any atom is 0.210 e. The summed E-state index contributed by atoms with van der Waals surface area (Å²) < 4.78 is 2.02. The van der Waals surface area contributed by atoms with E-state index in [0.717, 1.165) is 5.69 Å². The Bertz CT molecular complexity index is 658. The number of phenols is 1. The van der Waals surface area contributed by atoms with E-state index in [1.54, 1.807) is 12.1 Å². The number of nitrogens with zero attached hydrogens (tertiary/aromatic N) is 1. The van der Waals surface area contributed by atoms with Gasteiger partial charge in [-0.25, -0.2) is 0 Å². The van der Waals surface area contributed by atoms with Gasteiger partial charge < -0.3 is 5.11 Å². The molecule has 0 amide bonds. The molecule has 19 heavy (non-hydrogen) atoms. The van der Waals surface area contributed by atoms with Crippen LogP contribution >= 0.6 is 0 Å². The summed E-state index contributed by atoms with van der Waals surface area (Å²) in [6, 6.07) is 21.6. The predicted octanol–water partition coefficient (Wildman–Crippen LogP) is 3.34. The number of hydrogen-bond donors (Lipinski definition) is 1. The van der Waals surface area contributed by atoms with E-state index in [9.17, 15) is 5.11 Å². The zero-order valence-electron chi connectivity index (χ0n) is 10.4. The van der Waals surface area contributed by atoms with Gasteiger partial charge in [-0.1, -0.05) is 30.3 Å². The Labute approximate surface area is 112 Å². The maximum absolute atomic E-state index is 9.29. The van der Waals surface area contributed by atoms with Crippen molar-refractivity contribution in [3.8, 4) is 22.6 Å². The van der Waals surface area contributed by atoms with Crippen molar-refractivity contribution in [1.29, 1.82) is 0 Å². The van der Waals surface area contributed by atoms with Crippen molar-refractivity contribution in [3.63, 3.8) is 0 Å². The summed E-state index contributed by atoms with van der Waals surface area (Å²) in [5.74, 6) is 0.283. The van der Waals surface area contributed by atoms with Gasteiger partial charge in [0, 0.05) is 24.3 Å². The number of phenolic OH excluding ortho intramolecular Hbond substituents is 1. The van der Waals surface area contributed by atoms with Crippen molar-refractivity contribution in [2.45, 2.75) is 0 Å². The first-order chi connectivity index (χ1) is 9.33. The highest BCUT2D eigenvalue weighted by atomic mass is 16.3. The Morgan fingerprint density at radius 1 is 0.632 bits per heavy atom. The molecule has 0 saturated carbocycles. The number of rotatable bonds is 2. The Morgan fingerprint density at radius 2 is 1.21 bits per heavy atom. The first-order valence-electron chi connectivity index (χ1n) is 6.19. The molecule has 3 aromatic rings. The number of aromatic hydroxyl groups is 1. The van der Waals surface area contributed by atoms with Crippen LogP contribution in [0.5, 0.6) is 5.75 Å². The van der Waals surface area contributed by atoms with Crippen LogP contribution in [-0.2, 0) is 0 Å². The fraction of sp³-hybridized carbons (Fsp3) is 0. The van der Waals surface area contributed by atoms with E-state index in [4.69, 9.17) is 0 Å². The molecule has 0 saturated heterocycles. The van der Waals surface area contributed by atoms with Crippen LogP contribution in [0.1, 0.15) is 0 Å². The van der Waals surface area contributed by atoms with E-state index in [-0.39, 0.29) is 5.75 Å². The average Bonchev–Trinajstić information content (AvgIpc) is 2.49. The summed E-state index contributed by atoms with van der Waals surface area (Å²) in [6.45, 7) is 0. The van der Waals surface area contributed by atoms with Gasteiger partial charge in [0.2, 0.25) is 5.69 Å². The van der Waals surface area contributed by atoms with Crippen LogP contribution in [-0.4, -0.2) is 5.11 Å². The van der Waals surface area contributed by atoms with Crippen LogP contribution in [0, 0.1) is 0 Å². The standard InChI is InChI=1S/C17H13NO/c19-17-8-6-16(7-9-17)18-12-10-15(11-13-18)14-4-2-1-3-5-14/h1-13H/p+1. The third-order valence-electron chi connectivity index (χ3n) is 3.08. The lowest BCUT2D eigenvalue weighted by atomic mass is 10.1. The van der Waals surface area contributed by atoms with Gasteiger partial charge in [-0.05, 0) is 23.3 Å². The zero-order chi connectivity index (χ0) is 13.1. The Morgan fingerprint density at radius 3 is 1.84 bits per heavy atom. The molecule has 0 bridgehead atoms. The van der Waals surface area contributed by atoms with Crippen molar-refractivity contribution in [1.82, 2.24) is 0 Å². The van der Waals surface area contributed by atoms with Gasteiger partial charge in [-0.3, -0.25) is 0 Å². The fourth-order valence-electron chi connectivity index (χ4n) is 2.05. The predicted molar refractivity (Wildman–Crippen MR) is 75.1 cm³/mol. The topological polar surface area (TPSA) is 24.1 Å². The summed E-state index contributed by atoms with van der Waals surface area (Å²) in [6.07, 6.45) is 4.05. The molecule has 0 aliphatic heterocycles. The van der Waals surface area contributed by atoms with Gasteiger partial charge in [-0.2, -0.15) is 4.57 Å². The second-order valence-corrected chi connectivity index (χ2v) is 4.38. The molecular weight excluding hydrogens is 234 g/mol. The van der Waals surface area contributed by atoms with Gasteiger partial charge in [0.1, 0.15) is 5.75 Å². The highest BCUT2D eigenvalue weighted by Gasteiger charge is 2.06. The molecule has 92 valence electrons. The van der Waals surface area contributed by atoms with Gasteiger partial charge in [0.15, 0.2) is 12.4 Å². The largest absolute Gasteiger partial charge is 0.508 e. The molecule has 1 aromatic heterocycles. The fourth-order valence-corrected chi connectivity index (χ4v) is 2.05. The van der Waals surface area contributed by atoms with Crippen molar-refractivity contribution in [2.75, 3.05) is 0 Å². The molecule has 2 aromatic carbocycles. The molecule has 0 atom stereocenters. The highest BCUT2D eigenvalue weighted by Crippen LogP contribution is 2.17. The van der Waals surface area contributed by atoms with E-state index in [0.29, 0.717) is 0 Å². The summed E-state index contributed by atoms with van der Waals surface area (Å²) in [7, 11) is 0. The minimum atomic E-state index is 0.283. The van der Waals surface area contributed by atoms with Crippen molar-refractivity contribution >= 4 is 0 Å². The van der Waals surface area contributed by atoms with Crippen molar-refractivity contribution < 1.29 is 9.67 Å². The van der Waals surface area contributed by atoms with Crippen LogP contribution in [0.3, 0.4) is 0 Å². The molecule has 2 heteroatoms. The molecule has 0 radical (unpaired) electrons. The number of hydrogen-bond acceptors (Lipinski definition) is 1. The molecule has 2 nitrogen and oxygen atoms in total. The smallest absolute Gasteiger partial charge is 0.210 e. The Balaban J connectivity index is 1.93. The summed E-state index contributed by atoms with van der Waals surface area (Å²) in [5.41, 5.74) is 3.42. The third kappa shape index (κ3) is 2.47. The maximum atomic E-state index is 9.29. The lowest BCUT2D eigenvalue weighted by Gasteiger charge is -2.00. The quantitative estimate of drug-likeness (QED) is 0.691. The number of benzene rings is 2. The van der Waals surface area contributed by atoms with E-state index in [2.05, 4.69) is 24.3 Å². The van der Waals surface area contributed by atoms with Crippen molar-refractivity contribution in [2.24, 2.45) is 0 Å². The average molecular weight is 248 g/mol. The molecule has 1 heterocycles. The van der Waals surface area contributed by atoms with E-state index < -0.39 is 0 Å².